The molecule has 0 bridgehead atoms. The number of hydrogen-bond donors (Lipinski definition) is 1. The lowest BCUT2D eigenvalue weighted by Gasteiger charge is -2.13. The minimum atomic E-state index is -0.882. The van der Waals surface area contributed by atoms with Gasteiger partial charge in [0, 0.05) is 25.5 Å². The molecule has 0 saturated carbocycles. The van der Waals surface area contributed by atoms with Crippen LogP contribution in [0.4, 0.5) is 0 Å². The van der Waals surface area contributed by atoms with Gasteiger partial charge in [0.2, 0.25) is 5.88 Å². The largest absolute Gasteiger partial charge is 0.481 e. The number of aliphatic carboxylic acids is 1. The number of fused-ring (bicyclic) bond motifs is 3. The Morgan fingerprint density at radius 3 is 2.72 bits per heavy atom. The van der Waals surface area contributed by atoms with Gasteiger partial charge >= 0.3 is 5.97 Å². The standard InChI is InChI=1S/C17H20N4O4/c1-4-12-18-10(2)15-17(24)20(9-5-6-14(22)23)11-7-8-13(25-3)19-16(11)21(12)15/h7-8H,4-6,9H2,1-3H3,(H,22,23). The minimum Gasteiger partial charge on any atom is -0.481 e. The molecule has 0 fully saturated rings. The Hall–Kier alpha value is -2.90. The fourth-order valence-electron chi connectivity index (χ4n) is 3.06. The number of imidazole rings is 1. The first-order valence-corrected chi connectivity index (χ1v) is 8.15. The third-order valence-electron chi connectivity index (χ3n) is 4.20. The van der Waals surface area contributed by atoms with Crippen molar-refractivity contribution in [2.75, 3.05) is 7.11 Å². The van der Waals surface area contributed by atoms with Gasteiger partial charge in [0.05, 0.1) is 18.3 Å². The second-order valence-electron chi connectivity index (χ2n) is 5.80. The van der Waals surface area contributed by atoms with E-state index in [9.17, 15) is 9.59 Å². The number of rotatable bonds is 6. The maximum absolute atomic E-state index is 13.0. The van der Waals surface area contributed by atoms with Gasteiger partial charge in [-0.3, -0.25) is 14.0 Å². The predicted molar refractivity (Wildman–Crippen MR) is 92.3 cm³/mol. The molecule has 0 aliphatic carbocycles. The predicted octanol–water partition coefficient (Wildman–Crippen LogP) is 1.79. The number of ether oxygens (including phenoxy) is 1. The fraction of sp³-hybridized carbons (Fsp3) is 0.412. The number of carboxylic acids is 1. The maximum Gasteiger partial charge on any atom is 0.303 e. The number of pyridine rings is 1. The van der Waals surface area contributed by atoms with E-state index >= 15 is 0 Å². The monoisotopic (exact) mass is 344 g/mol. The van der Waals surface area contributed by atoms with Crippen LogP contribution in [0.15, 0.2) is 16.9 Å². The zero-order valence-corrected chi connectivity index (χ0v) is 14.4. The molecule has 0 spiro atoms. The zero-order chi connectivity index (χ0) is 18.1. The van der Waals surface area contributed by atoms with E-state index in [1.807, 2.05) is 6.92 Å². The minimum absolute atomic E-state index is 0.00114. The first kappa shape index (κ1) is 16.9. The van der Waals surface area contributed by atoms with Crippen molar-refractivity contribution in [1.82, 2.24) is 18.9 Å². The van der Waals surface area contributed by atoms with Crippen LogP contribution in [-0.4, -0.2) is 37.1 Å². The summed E-state index contributed by atoms with van der Waals surface area (Å²) in [6.07, 6.45) is 1.02. The van der Waals surface area contributed by atoms with Crippen molar-refractivity contribution in [3.05, 3.63) is 34.0 Å². The molecule has 3 heterocycles. The molecule has 8 nitrogen and oxygen atoms in total. The molecule has 1 N–H and O–H groups in total. The van der Waals surface area contributed by atoms with Gasteiger partial charge in [-0.2, -0.15) is 4.98 Å². The SMILES string of the molecule is CCc1nc(C)c2c(=O)n(CCCC(=O)O)c3ccc(OC)nc3n12. The van der Waals surface area contributed by atoms with Crippen LogP contribution in [0.2, 0.25) is 0 Å². The summed E-state index contributed by atoms with van der Waals surface area (Å²) >= 11 is 0. The average molecular weight is 344 g/mol. The van der Waals surface area contributed by atoms with Gasteiger partial charge in [0.25, 0.3) is 5.56 Å². The number of aryl methyl sites for hydroxylation is 3. The van der Waals surface area contributed by atoms with Crippen molar-refractivity contribution in [3.8, 4) is 5.88 Å². The lowest BCUT2D eigenvalue weighted by molar-refractivity contribution is -0.137. The summed E-state index contributed by atoms with van der Waals surface area (Å²) in [4.78, 5) is 32.8. The number of methoxy groups -OCH3 is 1. The van der Waals surface area contributed by atoms with Gasteiger partial charge in [-0.25, -0.2) is 4.98 Å². The lowest BCUT2D eigenvalue weighted by atomic mass is 10.3. The highest BCUT2D eigenvalue weighted by atomic mass is 16.5. The second kappa shape index (κ2) is 6.54. The van der Waals surface area contributed by atoms with E-state index in [1.54, 1.807) is 28.0 Å². The van der Waals surface area contributed by atoms with Crippen molar-refractivity contribution in [1.29, 1.82) is 0 Å². The van der Waals surface area contributed by atoms with Gasteiger partial charge in [-0.15, -0.1) is 0 Å². The maximum atomic E-state index is 13.0. The zero-order valence-electron chi connectivity index (χ0n) is 14.4. The summed E-state index contributed by atoms with van der Waals surface area (Å²) in [7, 11) is 1.54. The number of carboxylic acid groups (broad SMARTS) is 1. The van der Waals surface area contributed by atoms with Crippen LogP contribution >= 0.6 is 0 Å². The van der Waals surface area contributed by atoms with Crippen LogP contribution in [0.1, 0.15) is 31.3 Å². The summed E-state index contributed by atoms with van der Waals surface area (Å²) < 4.78 is 8.58. The molecule has 0 atom stereocenters. The molecule has 0 amide bonds. The molecule has 3 aromatic heterocycles. The molecule has 0 saturated heterocycles. The number of aromatic nitrogens is 4. The van der Waals surface area contributed by atoms with Gasteiger partial charge < -0.3 is 14.4 Å². The van der Waals surface area contributed by atoms with Crippen LogP contribution in [0.25, 0.3) is 16.7 Å². The highest BCUT2D eigenvalue weighted by molar-refractivity contribution is 5.77. The Bertz CT molecular complexity index is 1020. The van der Waals surface area contributed by atoms with Gasteiger partial charge in [0.1, 0.15) is 11.3 Å². The lowest BCUT2D eigenvalue weighted by Crippen LogP contribution is -2.24. The third-order valence-corrected chi connectivity index (χ3v) is 4.20. The van der Waals surface area contributed by atoms with Crippen molar-refractivity contribution in [2.45, 2.75) is 39.7 Å². The molecule has 3 rings (SSSR count). The van der Waals surface area contributed by atoms with E-state index in [4.69, 9.17) is 9.84 Å². The molecule has 0 aliphatic heterocycles. The highest BCUT2D eigenvalue weighted by Crippen LogP contribution is 2.21. The first-order chi connectivity index (χ1) is 12.0. The van der Waals surface area contributed by atoms with Gasteiger partial charge in [0.15, 0.2) is 5.65 Å². The summed E-state index contributed by atoms with van der Waals surface area (Å²) in [5.41, 5.74) is 2.15. The van der Waals surface area contributed by atoms with Crippen molar-refractivity contribution in [2.24, 2.45) is 0 Å². The fourth-order valence-corrected chi connectivity index (χ4v) is 3.06. The average Bonchev–Trinajstić information content (AvgIpc) is 2.94. The van der Waals surface area contributed by atoms with Gasteiger partial charge in [-0.05, 0) is 19.4 Å². The molecular formula is C17H20N4O4. The van der Waals surface area contributed by atoms with Crippen molar-refractivity contribution < 1.29 is 14.6 Å². The molecule has 25 heavy (non-hydrogen) atoms. The van der Waals surface area contributed by atoms with Gasteiger partial charge in [-0.1, -0.05) is 6.92 Å². The summed E-state index contributed by atoms with van der Waals surface area (Å²) in [6, 6.07) is 3.47. The Kier molecular flexibility index (Phi) is 4.43. The molecule has 8 heteroatoms. The molecule has 0 aromatic carbocycles. The third kappa shape index (κ3) is 2.84. The Labute approximate surface area is 143 Å². The molecule has 132 valence electrons. The quantitative estimate of drug-likeness (QED) is 0.732. The van der Waals surface area contributed by atoms with Crippen molar-refractivity contribution in [3.63, 3.8) is 0 Å². The highest BCUT2D eigenvalue weighted by Gasteiger charge is 2.18. The molecular weight excluding hydrogens is 324 g/mol. The van der Waals surface area contributed by atoms with Crippen LogP contribution < -0.4 is 10.3 Å². The number of nitrogens with zero attached hydrogens (tertiary/aromatic N) is 4. The van der Waals surface area contributed by atoms with E-state index in [1.165, 1.54) is 7.11 Å². The normalized spacial score (nSPS) is 11.3. The van der Waals surface area contributed by atoms with E-state index in [2.05, 4.69) is 9.97 Å². The van der Waals surface area contributed by atoms with Crippen LogP contribution in [0.3, 0.4) is 0 Å². The number of hydrogen-bond acceptors (Lipinski definition) is 5. The van der Waals surface area contributed by atoms with E-state index in [0.717, 1.165) is 5.82 Å². The molecule has 3 aromatic rings. The molecule has 0 unspecified atom stereocenters. The Morgan fingerprint density at radius 2 is 2.08 bits per heavy atom. The van der Waals surface area contributed by atoms with Crippen molar-refractivity contribution >= 4 is 22.6 Å². The second-order valence-corrected chi connectivity index (χ2v) is 5.80. The van der Waals surface area contributed by atoms with E-state index < -0.39 is 5.97 Å². The molecule has 0 aliphatic rings. The topological polar surface area (TPSA) is 98.7 Å². The van der Waals surface area contributed by atoms with Crippen LogP contribution in [0, 0.1) is 6.92 Å². The number of carbonyl (C=O) groups is 1. The molecule has 0 radical (unpaired) electrons. The summed E-state index contributed by atoms with van der Waals surface area (Å²) in [6.45, 7) is 4.07. The first-order valence-electron chi connectivity index (χ1n) is 8.15. The van der Waals surface area contributed by atoms with E-state index in [0.29, 0.717) is 47.6 Å². The van der Waals surface area contributed by atoms with Crippen LogP contribution in [0.5, 0.6) is 5.88 Å². The van der Waals surface area contributed by atoms with Crippen LogP contribution in [-0.2, 0) is 17.8 Å². The summed E-state index contributed by atoms with van der Waals surface area (Å²) in [5, 5.41) is 8.86. The smallest absolute Gasteiger partial charge is 0.303 e. The Balaban J connectivity index is 2.34. The summed E-state index contributed by atoms with van der Waals surface area (Å²) in [5.74, 6) is 0.318. The van der Waals surface area contributed by atoms with E-state index in [-0.39, 0.29) is 12.0 Å². The Morgan fingerprint density at radius 1 is 1.32 bits per heavy atom.